The average Bonchev–Trinajstić information content (AvgIpc) is 3.06. The maximum absolute atomic E-state index is 12.4. The number of Topliss-reactive ketones (excluding diaryl/α,β-unsaturated/α-hetero) is 1. The Labute approximate surface area is 153 Å². The first-order valence-corrected chi connectivity index (χ1v) is 9.54. The van der Waals surface area contributed by atoms with E-state index in [1.807, 2.05) is 30.0 Å². The van der Waals surface area contributed by atoms with E-state index in [9.17, 15) is 9.59 Å². The van der Waals surface area contributed by atoms with Crippen molar-refractivity contribution >= 4 is 28.7 Å². The topological polar surface area (TPSA) is 40.6 Å². The number of carbonyl (C=O) groups excluding carboxylic acids is 2. The van der Waals surface area contributed by atoms with E-state index in [0.29, 0.717) is 12.8 Å². The summed E-state index contributed by atoms with van der Waals surface area (Å²) < 4.78 is 0. The van der Waals surface area contributed by atoms with E-state index >= 15 is 0 Å². The van der Waals surface area contributed by atoms with E-state index in [0.717, 1.165) is 35.9 Å². The normalized spacial score (nSPS) is 14.6. The van der Waals surface area contributed by atoms with Gasteiger partial charge in [0.1, 0.15) is 0 Å². The fraction of sp³-hybridized carbons (Fsp3) is 0.400. The van der Waals surface area contributed by atoms with Gasteiger partial charge in [0.2, 0.25) is 5.91 Å². The smallest absolute Gasteiger partial charge is 0.223 e. The summed E-state index contributed by atoms with van der Waals surface area (Å²) >= 11 is 1.50. The molecule has 1 fully saturated rings. The fourth-order valence-electron chi connectivity index (χ4n) is 3.20. The van der Waals surface area contributed by atoms with E-state index < -0.39 is 0 Å². The van der Waals surface area contributed by atoms with Crippen molar-refractivity contribution in [3.8, 4) is 0 Å². The van der Waals surface area contributed by atoms with Crippen molar-refractivity contribution < 1.29 is 9.59 Å². The van der Waals surface area contributed by atoms with Crippen molar-refractivity contribution in [3.63, 3.8) is 0 Å². The lowest BCUT2D eigenvalue weighted by molar-refractivity contribution is -0.131. The number of anilines is 1. The van der Waals surface area contributed by atoms with Crippen LogP contribution in [0.1, 0.15) is 33.0 Å². The summed E-state index contributed by atoms with van der Waals surface area (Å²) in [5, 5.41) is 0. The average molecular weight is 356 g/mol. The summed E-state index contributed by atoms with van der Waals surface area (Å²) in [5.41, 5.74) is 2.51. The Morgan fingerprint density at radius 3 is 2.32 bits per heavy atom. The molecule has 4 nitrogen and oxygen atoms in total. The van der Waals surface area contributed by atoms with Crippen molar-refractivity contribution in [2.24, 2.45) is 0 Å². The van der Waals surface area contributed by atoms with Gasteiger partial charge in [-0.2, -0.15) is 0 Å². The lowest BCUT2D eigenvalue weighted by atomic mass is 10.1. The molecule has 0 spiro atoms. The summed E-state index contributed by atoms with van der Waals surface area (Å²) in [6.07, 6.45) is 0.608. The Kier molecular flexibility index (Phi) is 5.53. The van der Waals surface area contributed by atoms with Gasteiger partial charge >= 0.3 is 0 Å². The highest BCUT2D eigenvalue weighted by Crippen LogP contribution is 2.21. The van der Waals surface area contributed by atoms with Gasteiger partial charge in [-0.05, 0) is 37.6 Å². The van der Waals surface area contributed by atoms with Crippen LogP contribution in [-0.2, 0) is 4.79 Å². The number of aryl methyl sites for hydroxylation is 2. The van der Waals surface area contributed by atoms with Gasteiger partial charge in [0.15, 0.2) is 5.78 Å². The van der Waals surface area contributed by atoms with Gasteiger partial charge in [-0.25, -0.2) is 0 Å². The minimum atomic E-state index is 0.0741. The number of piperazine rings is 1. The lowest BCUT2D eigenvalue weighted by Crippen LogP contribution is -2.49. The minimum Gasteiger partial charge on any atom is -0.368 e. The monoisotopic (exact) mass is 356 g/mol. The number of benzene rings is 1. The van der Waals surface area contributed by atoms with Gasteiger partial charge in [0.25, 0.3) is 0 Å². The van der Waals surface area contributed by atoms with E-state index in [1.165, 1.54) is 22.6 Å². The van der Waals surface area contributed by atoms with E-state index in [1.54, 1.807) is 0 Å². The quantitative estimate of drug-likeness (QED) is 0.768. The number of rotatable bonds is 5. The number of para-hydroxylation sites is 1. The van der Waals surface area contributed by atoms with Crippen LogP contribution in [0, 0.1) is 13.8 Å². The molecule has 0 N–H and O–H groups in total. The molecule has 25 heavy (non-hydrogen) atoms. The molecule has 3 rings (SSSR count). The molecule has 0 bridgehead atoms. The first-order chi connectivity index (χ1) is 12.0. The van der Waals surface area contributed by atoms with E-state index in [2.05, 4.69) is 30.0 Å². The Bertz CT molecular complexity index is 761. The van der Waals surface area contributed by atoms with Crippen molar-refractivity contribution in [3.05, 3.63) is 51.7 Å². The van der Waals surface area contributed by atoms with Gasteiger partial charge in [-0.3, -0.25) is 9.59 Å². The first kappa shape index (κ1) is 17.7. The highest BCUT2D eigenvalue weighted by Gasteiger charge is 2.22. The second-order valence-electron chi connectivity index (χ2n) is 6.49. The van der Waals surface area contributed by atoms with Crippen molar-refractivity contribution in [2.45, 2.75) is 26.7 Å². The zero-order chi connectivity index (χ0) is 17.8. The van der Waals surface area contributed by atoms with Gasteiger partial charge in [-0.1, -0.05) is 18.2 Å². The molecular weight excluding hydrogens is 332 g/mol. The van der Waals surface area contributed by atoms with E-state index in [4.69, 9.17) is 0 Å². The lowest BCUT2D eigenvalue weighted by Gasteiger charge is -2.36. The van der Waals surface area contributed by atoms with Crippen LogP contribution in [0.5, 0.6) is 0 Å². The van der Waals surface area contributed by atoms with Crippen LogP contribution >= 0.6 is 11.3 Å². The molecule has 2 aromatic rings. The molecule has 1 aromatic carbocycles. The maximum atomic E-state index is 12.4. The van der Waals surface area contributed by atoms with E-state index in [-0.39, 0.29) is 11.7 Å². The molecule has 1 aliphatic heterocycles. The predicted molar refractivity (Wildman–Crippen MR) is 103 cm³/mol. The SMILES string of the molecule is Cc1ccc(C(=O)CCC(=O)N2CCN(c3ccccc3C)CC2)s1. The van der Waals surface area contributed by atoms with Crippen LogP contribution in [-0.4, -0.2) is 42.8 Å². The zero-order valence-corrected chi connectivity index (χ0v) is 15.6. The molecule has 0 atom stereocenters. The Morgan fingerprint density at radius 2 is 1.68 bits per heavy atom. The summed E-state index contributed by atoms with van der Waals surface area (Å²) in [7, 11) is 0. The number of thiophene rings is 1. The molecule has 0 unspecified atom stereocenters. The van der Waals surface area contributed by atoms with Crippen molar-refractivity contribution in [1.82, 2.24) is 4.90 Å². The van der Waals surface area contributed by atoms with Crippen LogP contribution in [0.4, 0.5) is 5.69 Å². The van der Waals surface area contributed by atoms with Crippen LogP contribution in [0.25, 0.3) is 0 Å². The predicted octanol–water partition coefficient (Wildman–Crippen LogP) is 3.68. The standard InChI is InChI=1S/C20H24N2O2S/c1-15-5-3-4-6-17(15)21-11-13-22(14-12-21)20(24)10-8-18(23)19-9-7-16(2)25-19/h3-7,9H,8,10-14H2,1-2H3. The number of ketones is 1. The molecule has 5 heteroatoms. The van der Waals surface area contributed by atoms with Crippen molar-refractivity contribution in [1.29, 1.82) is 0 Å². The minimum absolute atomic E-state index is 0.0741. The Hall–Kier alpha value is -2.14. The number of hydrogen-bond donors (Lipinski definition) is 0. The number of hydrogen-bond acceptors (Lipinski definition) is 4. The second-order valence-corrected chi connectivity index (χ2v) is 7.78. The highest BCUT2D eigenvalue weighted by molar-refractivity contribution is 7.14. The second kappa shape index (κ2) is 7.83. The molecule has 0 aliphatic carbocycles. The number of amides is 1. The summed E-state index contributed by atoms with van der Waals surface area (Å²) in [6, 6.07) is 12.2. The highest BCUT2D eigenvalue weighted by atomic mass is 32.1. The Morgan fingerprint density at radius 1 is 0.960 bits per heavy atom. The molecule has 0 saturated carbocycles. The molecule has 1 aromatic heterocycles. The Balaban J connectivity index is 1.48. The largest absolute Gasteiger partial charge is 0.368 e. The molecule has 1 amide bonds. The van der Waals surface area contributed by atoms with Crippen LogP contribution in [0.15, 0.2) is 36.4 Å². The van der Waals surface area contributed by atoms with Gasteiger partial charge in [-0.15, -0.1) is 11.3 Å². The molecule has 0 radical (unpaired) electrons. The third-order valence-electron chi connectivity index (χ3n) is 4.67. The van der Waals surface area contributed by atoms with Gasteiger partial charge < -0.3 is 9.80 Å². The third-order valence-corrected chi connectivity index (χ3v) is 5.71. The van der Waals surface area contributed by atoms with Gasteiger partial charge in [0.05, 0.1) is 4.88 Å². The summed E-state index contributed by atoms with van der Waals surface area (Å²) in [6.45, 7) is 7.23. The molecular formula is C20H24N2O2S. The first-order valence-electron chi connectivity index (χ1n) is 8.72. The third kappa shape index (κ3) is 4.28. The van der Waals surface area contributed by atoms with Crippen LogP contribution < -0.4 is 4.90 Å². The maximum Gasteiger partial charge on any atom is 0.223 e. The molecule has 1 saturated heterocycles. The summed E-state index contributed by atoms with van der Waals surface area (Å²) in [4.78, 5) is 30.7. The summed E-state index contributed by atoms with van der Waals surface area (Å²) in [5.74, 6) is 0.163. The molecule has 2 heterocycles. The molecule has 1 aliphatic rings. The van der Waals surface area contributed by atoms with Crippen LogP contribution in [0.2, 0.25) is 0 Å². The fourth-order valence-corrected chi connectivity index (χ4v) is 4.04. The number of nitrogens with zero attached hydrogens (tertiary/aromatic N) is 2. The number of carbonyl (C=O) groups is 2. The zero-order valence-electron chi connectivity index (χ0n) is 14.8. The van der Waals surface area contributed by atoms with Crippen molar-refractivity contribution in [2.75, 3.05) is 31.1 Å². The van der Waals surface area contributed by atoms with Gasteiger partial charge in [0, 0.05) is 49.6 Å². The van der Waals surface area contributed by atoms with Crippen LogP contribution in [0.3, 0.4) is 0 Å². The molecule has 132 valence electrons.